The van der Waals surface area contributed by atoms with Gasteiger partial charge in [-0.1, -0.05) is 0 Å². The molecule has 0 spiro atoms. The third kappa shape index (κ3) is 1.99. The van der Waals surface area contributed by atoms with Crippen molar-refractivity contribution in [2.45, 2.75) is 12.8 Å². The van der Waals surface area contributed by atoms with Crippen molar-refractivity contribution in [3.05, 3.63) is 17.3 Å². The normalized spacial score (nSPS) is 19.8. The first-order valence-electron chi connectivity index (χ1n) is 6.15. The molecule has 0 saturated carbocycles. The van der Waals surface area contributed by atoms with E-state index < -0.39 is 0 Å². The van der Waals surface area contributed by atoms with Crippen LogP contribution >= 0.6 is 11.3 Å². The molecule has 2 aromatic heterocycles. The number of fused-ring (bicyclic) bond motifs is 1. The number of aromatic nitrogens is 2. The van der Waals surface area contributed by atoms with Crippen molar-refractivity contribution in [1.82, 2.24) is 9.38 Å². The van der Waals surface area contributed by atoms with Crippen molar-refractivity contribution in [2.24, 2.45) is 11.7 Å². The second-order valence-electron chi connectivity index (χ2n) is 4.68. The highest BCUT2D eigenvalue weighted by molar-refractivity contribution is 7.15. The van der Waals surface area contributed by atoms with Crippen LogP contribution in [0.5, 0.6) is 0 Å². The van der Waals surface area contributed by atoms with Gasteiger partial charge in [-0.2, -0.15) is 0 Å². The van der Waals surface area contributed by atoms with Crippen LogP contribution in [0.25, 0.3) is 4.96 Å². The van der Waals surface area contributed by atoms with Crippen LogP contribution in [0.15, 0.2) is 11.6 Å². The number of nitrogens with zero attached hydrogens (tertiary/aromatic N) is 3. The third-order valence-corrected chi connectivity index (χ3v) is 4.27. The van der Waals surface area contributed by atoms with E-state index in [1.807, 2.05) is 16.5 Å². The summed E-state index contributed by atoms with van der Waals surface area (Å²) in [5, 5.41) is 1.89. The molecule has 0 bridgehead atoms. The van der Waals surface area contributed by atoms with Crippen molar-refractivity contribution in [2.75, 3.05) is 18.0 Å². The lowest BCUT2D eigenvalue weighted by Crippen LogP contribution is -2.41. The fourth-order valence-electron chi connectivity index (χ4n) is 2.54. The number of primary amides is 1. The molecule has 1 unspecified atom stereocenters. The first kappa shape index (κ1) is 12.2. The monoisotopic (exact) mass is 278 g/mol. The van der Waals surface area contributed by atoms with Gasteiger partial charge in [-0.05, 0) is 12.8 Å². The summed E-state index contributed by atoms with van der Waals surface area (Å²) in [7, 11) is 0. The van der Waals surface area contributed by atoms with E-state index in [0.29, 0.717) is 18.1 Å². The highest BCUT2D eigenvalue weighted by atomic mass is 32.1. The maximum Gasteiger partial charge on any atom is 0.222 e. The van der Waals surface area contributed by atoms with Gasteiger partial charge in [0, 0.05) is 24.7 Å². The minimum atomic E-state index is -0.279. The van der Waals surface area contributed by atoms with E-state index in [1.54, 1.807) is 4.40 Å². The molecule has 19 heavy (non-hydrogen) atoms. The number of rotatable bonds is 3. The molecule has 1 fully saturated rings. The lowest BCUT2D eigenvalue weighted by atomic mass is 9.97. The van der Waals surface area contributed by atoms with Crippen molar-refractivity contribution in [1.29, 1.82) is 0 Å². The largest absolute Gasteiger partial charge is 0.369 e. The van der Waals surface area contributed by atoms with Crippen LogP contribution in [0.2, 0.25) is 0 Å². The zero-order chi connectivity index (χ0) is 13.4. The van der Waals surface area contributed by atoms with Crippen LogP contribution < -0.4 is 10.6 Å². The maximum atomic E-state index is 11.3. The quantitative estimate of drug-likeness (QED) is 0.846. The first-order valence-corrected chi connectivity index (χ1v) is 7.03. The van der Waals surface area contributed by atoms with Gasteiger partial charge in [0.15, 0.2) is 17.1 Å². The SMILES string of the molecule is NC(=O)C1CCCN(c2nc3sccn3c2C=O)C1. The number of carbonyl (C=O) groups is 2. The van der Waals surface area contributed by atoms with Gasteiger partial charge in [0.25, 0.3) is 0 Å². The lowest BCUT2D eigenvalue weighted by molar-refractivity contribution is -0.122. The molecule has 0 aliphatic carbocycles. The Hall–Kier alpha value is -1.89. The molecule has 2 aromatic rings. The molecule has 1 amide bonds. The topological polar surface area (TPSA) is 80.7 Å². The molecular formula is C12H14N4O2S. The number of carbonyl (C=O) groups excluding carboxylic acids is 2. The number of nitrogens with two attached hydrogens (primary N) is 1. The van der Waals surface area contributed by atoms with Crippen LogP contribution in [0.1, 0.15) is 23.3 Å². The summed E-state index contributed by atoms with van der Waals surface area (Å²) in [4.78, 5) is 29.9. The van der Waals surface area contributed by atoms with E-state index in [-0.39, 0.29) is 11.8 Å². The zero-order valence-electron chi connectivity index (χ0n) is 10.3. The highest BCUT2D eigenvalue weighted by Crippen LogP contribution is 2.27. The number of imidazole rings is 1. The highest BCUT2D eigenvalue weighted by Gasteiger charge is 2.27. The summed E-state index contributed by atoms with van der Waals surface area (Å²) < 4.78 is 1.78. The standard InChI is InChI=1S/C12H14N4O2S/c13-10(18)8-2-1-3-15(6-8)11-9(7-17)16-4-5-19-12(16)14-11/h4-5,7-8H,1-3,6H2,(H2,13,18). The van der Waals surface area contributed by atoms with E-state index in [2.05, 4.69) is 4.98 Å². The minimum Gasteiger partial charge on any atom is -0.369 e. The van der Waals surface area contributed by atoms with Gasteiger partial charge < -0.3 is 10.6 Å². The Bertz CT molecular complexity index is 633. The fraction of sp³-hybridized carbons (Fsp3) is 0.417. The molecule has 0 aromatic carbocycles. The summed E-state index contributed by atoms with van der Waals surface area (Å²) in [5.74, 6) is 0.221. The van der Waals surface area contributed by atoms with Crippen LogP contribution in [-0.2, 0) is 4.79 Å². The van der Waals surface area contributed by atoms with E-state index in [4.69, 9.17) is 5.73 Å². The van der Waals surface area contributed by atoms with Crippen LogP contribution in [0, 0.1) is 5.92 Å². The minimum absolute atomic E-state index is 0.159. The van der Waals surface area contributed by atoms with E-state index >= 15 is 0 Å². The predicted octanol–water partition coefficient (Wildman–Crippen LogP) is 0.910. The van der Waals surface area contributed by atoms with E-state index in [9.17, 15) is 9.59 Å². The Kier molecular flexibility index (Phi) is 2.98. The number of amides is 1. The molecule has 7 heteroatoms. The number of piperidine rings is 1. The van der Waals surface area contributed by atoms with Gasteiger partial charge in [-0.3, -0.25) is 14.0 Å². The molecule has 3 rings (SSSR count). The van der Waals surface area contributed by atoms with E-state index in [1.165, 1.54) is 11.3 Å². The number of aldehydes is 1. The Morgan fingerprint density at radius 2 is 2.42 bits per heavy atom. The van der Waals surface area contributed by atoms with Gasteiger partial charge >= 0.3 is 0 Å². The molecule has 6 nitrogen and oxygen atoms in total. The molecular weight excluding hydrogens is 264 g/mol. The van der Waals surface area contributed by atoms with Crippen molar-refractivity contribution in [3.63, 3.8) is 0 Å². The van der Waals surface area contributed by atoms with Gasteiger partial charge in [-0.25, -0.2) is 4.98 Å². The second kappa shape index (κ2) is 4.65. The van der Waals surface area contributed by atoms with Gasteiger partial charge in [0.05, 0.1) is 5.92 Å². The lowest BCUT2D eigenvalue weighted by Gasteiger charge is -2.31. The summed E-state index contributed by atoms with van der Waals surface area (Å²) in [6.45, 7) is 1.34. The van der Waals surface area contributed by atoms with Crippen molar-refractivity contribution < 1.29 is 9.59 Å². The average molecular weight is 278 g/mol. The molecule has 1 aliphatic heterocycles. The zero-order valence-corrected chi connectivity index (χ0v) is 11.1. The Labute approximate surface area is 113 Å². The van der Waals surface area contributed by atoms with Crippen LogP contribution in [0.4, 0.5) is 5.82 Å². The van der Waals surface area contributed by atoms with Gasteiger partial charge in [-0.15, -0.1) is 11.3 Å². The van der Waals surface area contributed by atoms with Crippen molar-refractivity contribution in [3.8, 4) is 0 Å². The fourth-order valence-corrected chi connectivity index (χ4v) is 3.25. The Morgan fingerprint density at radius 3 is 3.16 bits per heavy atom. The molecule has 100 valence electrons. The molecule has 2 N–H and O–H groups in total. The summed E-state index contributed by atoms with van der Waals surface area (Å²) >= 11 is 1.48. The maximum absolute atomic E-state index is 11.3. The molecule has 1 atom stereocenters. The van der Waals surface area contributed by atoms with Crippen molar-refractivity contribution >= 4 is 34.3 Å². The van der Waals surface area contributed by atoms with Gasteiger partial charge in [0.1, 0.15) is 5.69 Å². The number of hydrogen-bond acceptors (Lipinski definition) is 5. The number of hydrogen-bond donors (Lipinski definition) is 1. The number of anilines is 1. The summed E-state index contributed by atoms with van der Waals surface area (Å²) in [6.07, 6.45) is 4.34. The molecule has 1 aliphatic rings. The smallest absolute Gasteiger partial charge is 0.222 e. The first-order chi connectivity index (χ1) is 9.20. The summed E-state index contributed by atoms with van der Waals surface area (Å²) in [6, 6.07) is 0. The molecule has 1 saturated heterocycles. The van der Waals surface area contributed by atoms with E-state index in [0.717, 1.165) is 30.6 Å². The van der Waals surface area contributed by atoms with Crippen LogP contribution in [-0.4, -0.2) is 34.7 Å². The summed E-state index contributed by atoms with van der Waals surface area (Å²) in [5.41, 5.74) is 5.92. The Balaban J connectivity index is 1.96. The predicted molar refractivity (Wildman–Crippen MR) is 72.6 cm³/mol. The van der Waals surface area contributed by atoms with Crippen LogP contribution in [0.3, 0.4) is 0 Å². The second-order valence-corrected chi connectivity index (χ2v) is 5.55. The molecule has 3 heterocycles. The number of thiazole rings is 1. The Morgan fingerprint density at radius 1 is 1.58 bits per heavy atom. The van der Waals surface area contributed by atoms with Gasteiger partial charge in [0.2, 0.25) is 5.91 Å². The molecule has 0 radical (unpaired) electrons. The average Bonchev–Trinajstić information content (AvgIpc) is 2.98. The third-order valence-electron chi connectivity index (χ3n) is 3.51.